The molecule has 3 aromatic rings. The zero-order valence-electron chi connectivity index (χ0n) is 20.8. The predicted octanol–water partition coefficient (Wildman–Crippen LogP) is 3.23. The van der Waals surface area contributed by atoms with Crippen molar-refractivity contribution in [2.45, 2.75) is 32.7 Å². The van der Waals surface area contributed by atoms with Crippen molar-refractivity contribution in [1.29, 1.82) is 0 Å². The maximum atomic E-state index is 13.4. The monoisotopic (exact) mass is 528 g/mol. The number of carbonyl (C=O) groups excluding carboxylic acids is 2. The molecular formula is C25H28N4O7S. The second-order valence-corrected chi connectivity index (χ2v) is 10.4. The van der Waals surface area contributed by atoms with Crippen LogP contribution in [0.5, 0.6) is 17.4 Å². The van der Waals surface area contributed by atoms with Gasteiger partial charge in [0.05, 0.1) is 24.0 Å². The third-order valence-corrected chi connectivity index (χ3v) is 6.64. The molecule has 0 bridgehead atoms. The Morgan fingerprint density at radius 2 is 1.76 bits per heavy atom. The zero-order chi connectivity index (χ0) is 27.2. The van der Waals surface area contributed by atoms with E-state index in [9.17, 15) is 23.1 Å². The van der Waals surface area contributed by atoms with Crippen LogP contribution in [-0.2, 0) is 15.6 Å². The highest BCUT2D eigenvalue weighted by Gasteiger charge is 2.30. The van der Waals surface area contributed by atoms with Crippen LogP contribution in [0.2, 0.25) is 0 Å². The molecule has 12 heteroatoms. The number of ether oxygens (including phenoxy) is 2. The topological polar surface area (TPSA) is 157 Å². The van der Waals surface area contributed by atoms with E-state index in [1.165, 1.54) is 19.2 Å². The van der Waals surface area contributed by atoms with Crippen molar-refractivity contribution in [3.63, 3.8) is 0 Å². The number of amides is 1. The molecule has 3 N–H and O–H groups in total. The van der Waals surface area contributed by atoms with Crippen molar-refractivity contribution in [2.24, 2.45) is 0 Å². The van der Waals surface area contributed by atoms with Crippen LogP contribution in [-0.4, -0.2) is 48.2 Å². The fourth-order valence-corrected chi connectivity index (χ4v) is 4.35. The van der Waals surface area contributed by atoms with Crippen LogP contribution in [0.15, 0.2) is 54.6 Å². The number of carbonyl (C=O) groups is 2. The summed E-state index contributed by atoms with van der Waals surface area (Å²) in [6, 6.07) is 14.9. The lowest BCUT2D eigenvalue weighted by molar-refractivity contribution is 0.0723. The molecule has 0 atom stereocenters. The van der Waals surface area contributed by atoms with Gasteiger partial charge in [-0.3, -0.25) is 9.52 Å². The molecule has 1 amide bonds. The average Bonchev–Trinajstić information content (AvgIpc) is 2.85. The van der Waals surface area contributed by atoms with Gasteiger partial charge in [0.1, 0.15) is 5.75 Å². The number of methoxy groups -OCH3 is 1. The van der Waals surface area contributed by atoms with Crippen molar-refractivity contribution >= 4 is 27.8 Å². The van der Waals surface area contributed by atoms with Gasteiger partial charge in [0, 0.05) is 0 Å². The number of nitrogens with one attached hydrogen (secondary N) is 2. The van der Waals surface area contributed by atoms with Gasteiger partial charge >= 0.3 is 5.97 Å². The Kier molecular flexibility index (Phi) is 8.33. The van der Waals surface area contributed by atoms with Crippen molar-refractivity contribution in [3.8, 4) is 17.4 Å². The number of sulfonamides is 1. The van der Waals surface area contributed by atoms with Crippen molar-refractivity contribution in [3.05, 3.63) is 71.4 Å². The summed E-state index contributed by atoms with van der Waals surface area (Å²) >= 11 is 0. The van der Waals surface area contributed by atoms with Crippen LogP contribution in [0.3, 0.4) is 0 Å². The number of hydrogen-bond acceptors (Lipinski definition) is 9. The second-order valence-electron chi connectivity index (χ2n) is 8.54. The van der Waals surface area contributed by atoms with Crippen molar-refractivity contribution < 1.29 is 32.6 Å². The largest absolute Gasteiger partial charge is 0.497 e. The predicted molar refractivity (Wildman–Crippen MR) is 136 cm³/mol. The summed E-state index contributed by atoms with van der Waals surface area (Å²) in [5.41, 5.74) is -0.681. The summed E-state index contributed by atoms with van der Waals surface area (Å²) in [6.07, 6.45) is 0.316. The normalized spacial score (nSPS) is 11.5. The van der Waals surface area contributed by atoms with Crippen molar-refractivity contribution in [1.82, 2.24) is 15.3 Å². The second kappa shape index (κ2) is 11.2. The van der Waals surface area contributed by atoms with Crippen LogP contribution in [0.25, 0.3) is 0 Å². The summed E-state index contributed by atoms with van der Waals surface area (Å²) < 4.78 is 37.2. The van der Waals surface area contributed by atoms with E-state index in [-0.39, 0.29) is 11.3 Å². The number of anilines is 1. The van der Waals surface area contributed by atoms with Crippen LogP contribution < -0.4 is 19.5 Å². The molecule has 0 radical (unpaired) electrons. The zero-order valence-corrected chi connectivity index (χ0v) is 21.6. The molecule has 0 unspecified atom stereocenters. The van der Waals surface area contributed by atoms with E-state index in [4.69, 9.17) is 9.47 Å². The highest BCUT2D eigenvalue weighted by atomic mass is 32.2. The number of rotatable bonds is 10. The molecule has 2 aromatic carbocycles. The Bertz CT molecular complexity index is 1390. The Hall–Kier alpha value is -4.19. The average molecular weight is 529 g/mol. The van der Waals surface area contributed by atoms with E-state index in [1.807, 2.05) is 0 Å². The minimum atomic E-state index is -3.85. The van der Waals surface area contributed by atoms with Gasteiger partial charge in [0.2, 0.25) is 21.7 Å². The Morgan fingerprint density at radius 1 is 1.05 bits per heavy atom. The van der Waals surface area contributed by atoms with Crippen LogP contribution in [0.1, 0.15) is 53.6 Å². The van der Waals surface area contributed by atoms with E-state index in [2.05, 4.69) is 20.0 Å². The lowest BCUT2D eigenvalue weighted by Gasteiger charge is -2.27. The highest BCUT2D eigenvalue weighted by molar-refractivity contribution is 7.92. The van der Waals surface area contributed by atoms with Crippen molar-refractivity contribution in [2.75, 3.05) is 17.6 Å². The molecule has 3 rings (SSSR count). The molecule has 196 valence electrons. The molecular weight excluding hydrogens is 500 g/mol. The summed E-state index contributed by atoms with van der Waals surface area (Å²) in [4.78, 5) is 33.8. The molecule has 0 saturated carbocycles. The highest BCUT2D eigenvalue weighted by Crippen LogP contribution is 2.31. The first kappa shape index (κ1) is 27.4. The quantitative estimate of drug-likeness (QED) is 0.336. The summed E-state index contributed by atoms with van der Waals surface area (Å²) in [5.74, 6) is -3.44. The number of aromatic nitrogens is 2. The lowest BCUT2D eigenvalue weighted by atomic mass is 9.94. The molecule has 0 spiro atoms. The maximum absolute atomic E-state index is 13.4. The lowest BCUT2D eigenvalue weighted by Crippen LogP contribution is -2.41. The van der Waals surface area contributed by atoms with Gasteiger partial charge in [-0.05, 0) is 50.1 Å². The van der Waals surface area contributed by atoms with E-state index in [0.29, 0.717) is 17.7 Å². The fraction of sp³-hybridized carbons (Fsp3) is 0.280. The van der Waals surface area contributed by atoms with E-state index in [0.717, 1.165) is 0 Å². The molecule has 0 aliphatic rings. The summed E-state index contributed by atoms with van der Waals surface area (Å²) in [7, 11) is -2.33. The minimum Gasteiger partial charge on any atom is -0.497 e. The van der Waals surface area contributed by atoms with Gasteiger partial charge in [0.25, 0.3) is 11.8 Å². The Balaban J connectivity index is 2.02. The maximum Gasteiger partial charge on any atom is 0.343 e. The minimum absolute atomic E-state index is 0.151. The van der Waals surface area contributed by atoms with Gasteiger partial charge in [-0.1, -0.05) is 37.3 Å². The molecule has 11 nitrogen and oxygen atoms in total. The SMILES string of the molecule is CCCS(=O)(=O)Nc1nc(O)c(OC(=O)c2ccccc2)c(C(=O)NC(C)(C)c2cccc(OC)c2)n1. The summed E-state index contributed by atoms with van der Waals surface area (Å²) in [6.45, 7) is 5.12. The number of nitrogens with zero attached hydrogens (tertiary/aromatic N) is 2. The third kappa shape index (κ3) is 6.94. The number of aromatic hydroxyl groups is 1. The first-order chi connectivity index (χ1) is 17.5. The Morgan fingerprint density at radius 3 is 2.41 bits per heavy atom. The Labute approximate surface area is 214 Å². The van der Waals surface area contributed by atoms with Gasteiger partial charge in [-0.15, -0.1) is 0 Å². The van der Waals surface area contributed by atoms with Crippen LogP contribution in [0, 0.1) is 0 Å². The molecule has 1 aromatic heterocycles. The summed E-state index contributed by atoms with van der Waals surface area (Å²) in [5, 5.41) is 13.3. The van der Waals surface area contributed by atoms with Gasteiger partial charge in [-0.2, -0.15) is 4.98 Å². The van der Waals surface area contributed by atoms with Crippen LogP contribution >= 0.6 is 0 Å². The first-order valence-electron chi connectivity index (χ1n) is 11.3. The third-order valence-electron chi connectivity index (χ3n) is 5.20. The standard InChI is InChI=1S/C25H28N4O7S/c1-5-14-37(33,34)29-24-26-19(20(22(31)27-24)36-23(32)16-10-7-6-8-11-16)21(30)28-25(2,3)17-12-9-13-18(15-17)35-4/h6-13,15H,5,14H2,1-4H3,(H,28,30)(H2,26,27,29,31). The molecule has 0 aliphatic heterocycles. The van der Waals surface area contributed by atoms with Gasteiger partial charge < -0.3 is 19.9 Å². The number of esters is 1. The number of benzene rings is 2. The fourth-order valence-electron chi connectivity index (χ4n) is 3.34. The number of hydrogen-bond donors (Lipinski definition) is 3. The van der Waals surface area contributed by atoms with E-state index < -0.39 is 50.7 Å². The molecule has 0 aliphatic carbocycles. The first-order valence-corrected chi connectivity index (χ1v) is 13.0. The van der Waals surface area contributed by atoms with Crippen LogP contribution in [0.4, 0.5) is 5.95 Å². The molecule has 0 fully saturated rings. The molecule has 37 heavy (non-hydrogen) atoms. The molecule has 1 heterocycles. The smallest absolute Gasteiger partial charge is 0.343 e. The van der Waals surface area contributed by atoms with Gasteiger partial charge in [-0.25, -0.2) is 18.2 Å². The van der Waals surface area contributed by atoms with E-state index >= 15 is 0 Å². The van der Waals surface area contributed by atoms with E-state index in [1.54, 1.807) is 63.2 Å². The van der Waals surface area contributed by atoms with Gasteiger partial charge in [0.15, 0.2) is 5.69 Å². The molecule has 0 saturated heterocycles.